The van der Waals surface area contributed by atoms with Gasteiger partial charge in [0.1, 0.15) is 18.1 Å². The first kappa shape index (κ1) is 19.8. The number of benzene rings is 2. The number of amides is 1. The fraction of sp³-hybridized carbons (Fsp3) is 0.409. The Morgan fingerprint density at radius 1 is 1.00 bits per heavy atom. The molecule has 0 saturated heterocycles. The van der Waals surface area contributed by atoms with Gasteiger partial charge in [-0.1, -0.05) is 24.3 Å². The van der Waals surface area contributed by atoms with E-state index in [9.17, 15) is 4.79 Å². The van der Waals surface area contributed by atoms with Crippen LogP contribution >= 0.6 is 0 Å². The summed E-state index contributed by atoms with van der Waals surface area (Å²) in [6, 6.07) is 11.8. The Morgan fingerprint density at radius 3 is 2.38 bits per heavy atom. The van der Waals surface area contributed by atoms with Crippen molar-refractivity contribution in [3.05, 3.63) is 58.7 Å². The minimum atomic E-state index is -0.573. The van der Waals surface area contributed by atoms with Gasteiger partial charge in [-0.3, -0.25) is 4.79 Å². The molecule has 0 aromatic heterocycles. The van der Waals surface area contributed by atoms with E-state index < -0.39 is 6.10 Å². The molecule has 26 heavy (non-hydrogen) atoms. The second kappa shape index (κ2) is 8.75. The summed E-state index contributed by atoms with van der Waals surface area (Å²) in [5.74, 6) is 1.45. The smallest absolute Gasteiger partial charge is 0.261 e. The molecular weight excluding hydrogens is 326 g/mol. The van der Waals surface area contributed by atoms with Crippen LogP contribution in [0.4, 0.5) is 0 Å². The highest BCUT2D eigenvalue weighted by molar-refractivity contribution is 5.81. The number of carbonyl (C=O) groups excluding carboxylic acids is 1. The fourth-order valence-electron chi connectivity index (χ4n) is 2.70. The lowest BCUT2D eigenvalue weighted by Gasteiger charge is -2.21. The van der Waals surface area contributed by atoms with Crippen molar-refractivity contribution in [3.63, 3.8) is 0 Å². The zero-order valence-electron chi connectivity index (χ0n) is 16.6. The molecule has 0 spiro atoms. The summed E-state index contributed by atoms with van der Waals surface area (Å²) in [7, 11) is 0. The van der Waals surface area contributed by atoms with E-state index in [1.165, 1.54) is 0 Å². The van der Waals surface area contributed by atoms with Gasteiger partial charge in [0.2, 0.25) is 0 Å². The molecule has 1 N–H and O–H groups in total. The summed E-state index contributed by atoms with van der Waals surface area (Å²) < 4.78 is 11.7. The highest BCUT2D eigenvalue weighted by Gasteiger charge is 2.18. The Kier molecular flexibility index (Phi) is 6.67. The third-order valence-electron chi connectivity index (χ3n) is 4.41. The fourth-order valence-corrected chi connectivity index (χ4v) is 2.70. The van der Waals surface area contributed by atoms with Crippen molar-refractivity contribution >= 4 is 5.91 Å². The van der Waals surface area contributed by atoms with Crippen LogP contribution in [0.1, 0.15) is 36.1 Å². The number of hydrogen-bond donors (Lipinski definition) is 1. The molecule has 0 radical (unpaired) electrons. The van der Waals surface area contributed by atoms with E-state index in [1.807, 2.05) is 65.0 Å². The minimum absolute atomic E-state index is 0.117. The molecule has 2 unspecified atom stereocenters. The van der Waals surface area contributed by atoms with Gasteiger partial charge in [-0.05, 0) is 75.9 Å². The van der Waals surface area contributed by atoms with E-state index in [4.69, 9.17) is 9.47 Å². The summed E-state index contributed by atoms with van der Waals surface area (Å²) in [6.45, 7) is 12.2. The molecule has 2 rings (SSSR count). The van der Waals surface area contributed by atoms with E-state index in [0.29, 0.717) is 6.61 Å². The van der Waals surface area contributed by atoms with Crippen LogP contribution in [-0.4, -0.2) is 24.7 Å². The Labute approximate surface area is 156 Å². The van der Waals surface area contributed by atoms with Crippen LogP contribution in [0.25, 0.3) is 0 Å². The van der Waals surface area contributed by atoms with Gasteiger partial charge in [0.25, 0.3) is 5.91 Å². The predicted octanol–water partition coefficient (Wildman–Crippen LogP) is 4.27. The SMILES string of the molecule is Cc1cc(C)c(C)c(OC(C)C(=O)NC(C)COc2ccccc2C)c1. The maximum Gasteiger partial charge on any atom is 0.261 e. The molecule has 4 nitrogen and oxygen atoms in total. The molecule has 0 fully saturated rings. The molecule has 140 valence electrons. The third-order valence-corrected chi connectivity index (χ3v) is 4.41. The predicted molar refractivity (Wildman–Crippen MR) is 105 cm³/mol. The van der Waals surface area contributed by atoms with Crippen LogP contribution in [0.3, 0.4) is 0 Å². The van der Waals surface area contributed by atoms with Gasteiger partial charge < -0.3 is 14.8 Å². The summed E-state index contributed by atoms with van der Waals surface area (Å²) >= 11 is 0. The van der Waals surface area contributed by atoms with Crippen LogP contribution in [0, 0.1) is 27.7 Å². The molecule has 0 aliphatic heterocycles. The first-order chi connectivity index (χ1) is 12.3. The van der Waals surface area contributed by atoms with Crippen molar-refractivity contribution in [2.75, 3.05) is 6.61 Å². The Balaban J connectivity index is 1.89. The maximum absolute atomic E-state index is 12.4. The molecule has 2 aromatic rings. The van der Waals surface area contributed by atoms with Gasteiger partial charge in [-0.25, -0.2) is 0 Å². The van der Waals surface area contributed by atoms with Gasteiger partial charge >= 0.3 is 0 Å². The van der Waals surface area contributed by atoms with Gasteiger partial charge in [-0.2, -0.15) is 0 Å². The number of aryl methyl sites for hydroxylation is 3. The van der Waals surface area contributed by atoms with Crippen LogP contribution in [0.2, 0.25) is 0 Å². The van der Waals surface area contributed by atoms with Crippen LogP contribution < -0.4 is 14.8 Å². The van der Waals surface area contributed by atoms with E-state index in [1.54, 1.807) is 6.92 Å². The molecule has 0 aliphatic carbocycles. The average molecular weight is 355 g/mol. The number of nitrogens with one attached hydrogen (secondary N) is 1. The van der Waals surface area contributed by atoms with Crippen molar-refractivity contribution in [1.29, 1.82) is 0 Å². The van der Waals surface area contributed by atoms with Crippen LogP contribution in [0.15, 0.2) is 36.4 Å². The standard InChI is InChI=1S/C22H29NO3/c1-14-11-16(3)18(5)21(12-14)26-19(6)22(24)23-17(4)13-25-20-10-8-7-9-15(20)2/h7-12,17,19H,13H2,1-6H3,(H,23,24). The lowest BCUT2D eigenvalue weighted by atomic mass is 10.1. The quantitative estimate of drug-likeness (QED) is 0.807. The lowest BCUT2D eigenvalue weighted by molar-refractivity contribution is -0.128. The molecule has 0 aliphatic rings. The molecule has 1 amide bonds. The highest BCUT2D eigenvalue weighted by atomic mass is 16.5. The largest absolute Gasteiger partial charge is 0.491 e. The number of ether oxygens (including phenoxy) is 2. The zero-order chi connectivity index (χ0) is 19.3. The van der Waals surface area contributed by atoms with Crippen molar-refractivity contribution < 1.29 is 14.3 Å². The maximum atomic E-state index is 12.4. The highest BCUT2D eigenvalue weighted by Crippen LogP contribution is 2.24. The minimum Gasteiger partial charge on any atom is -0.491 e. The van der Waals surface area contributed by atoms with Crippen molar-refractivity contribution in [3.8, 4) is 11.5 Å². The summed E-state index contributed by atoms with van der Waals surface area (Å²) in [4.78, 5) is 12.4. The van der Waals surface area contributed by atoms with E-state index in [-0.39, 0.29) is 11.9 Å². The summed E-state index contributed by atoms with van der Waals surface area (Å²) in [6.07, 6.45) is -0.573. The number of hydrogen-bond acceptors (Lipinski definition) is 3. The average Bonchev–Trinajstić information content (AvgIpc) is 2.58. The van der Waals surface area contributed by atoms with Crippen molar-refractivity contribution in [2.45, 2.75) is 53.7 Å². The third kappa shape index (κ3) is 5.25. The van der Waals surface area contributed by atoms with Crippen LogP contribution in [0.5, 0.6) is 11.5 Å². The molecule has 0 bridgehead atoms. The number of para-hydroxylation sites is 1. The van der Waals surface area contributed by atoms with E-state index in [0.717, 1.165) is 33.8 Å². The van der Waals surface area contributed by atoms with E-state index >= 15 is 0 Å². The lowest BCUT2D eigenvalue weighted by Crippen LogP contribution is -2.43. The Hall–Kier alpha value is -2.49. The van der Waals surface area contributed by atoms with Crippen molar-refractivity contribution in [2.24, 2.45) is 0 Å². The van der Waals surface area contributed by atoms with Gasteiger partial charge in [0.15, 0.2) is 6.10 Å². The second-order valence-electron chi connectivity index (χ2n) is 6.95. The molecule has 2 atom stereocenters. The first-order valence-corrected chi connectivity index (χ1v) is 9.01. The number of rotatable bonds is 7. The van der Waals surface area contributed by atoms with Crippen molar-refractivity contribution in [1.82, 2.24) is 5.32 Å². The first-order valence-electron chi connectivity index (χ1n) is 9.01. The second-order valence-corrected chi connectivity index (χ2v) is 6.95. The molecule has 4 heteroatoms. The van der Waals surface area contributed by atoms with Crippen LogP contribution in [-0.2, 0) is 4.79 Å². The molecule has 2 aromatic carbocycles. The zero-order valence-corrected chi connectivity index (χ0v) is 16.6. The van der Waals surface area contributed by atoms with Gasteiger partial charge in [-0.15, -0.1) is 0 Å². The van der Waals surface area contributed by atoms with Gasteiger partial charge in [0, 0.05) is 0 Å². The normalized spacial score (nSPS) is 13.0. The summed E-state index contributed by atoms with van der Waals surface area (Å²) in [5.41, 5.74) is 4.42. The molecule has 0 saturated carbocycles. The molecule has 0 heterocycles. The van der Waals surface area contributed by atoms with Gasteiger partial charge in [0.05, 0.1) is 6.04 Å². The monoisotopic (exact) mass is 355 g/mol. The topological polar surface area (TPSA) is 47.6 Å². The Bertz CT molecular complexity index is 770. The van der Waals surface area contributed by atoms with E-state index in [2.05, 4.69) is 11.4 Å². The Morgan fingerprint density at radius 2 is 1.69 bits per heavy atom. The number of carbonyl (C=O) groups is 1. The molecular formula is C22H29NO3. The summed E-state index contributed by atoms with van der Waals surface area (Å²) in [5, 5.41) is 2.95.